The molecule has 4 rings (SSSR count). The van der Waals surface area contributed by atoms with Gasteiger partial charge in [0.2, 0.25) is 15.9 Å². The third-order valence-electron chi connectivity index (χ3n) is 5.52. The van der Waals surface area contributed by atoms with Crippen LogP contribution in [0.3, 0.4) is 0 Å². The highest BCUT2D eigenvalue weighted by molar-refractivity contribution is 7.89. The average Bonchev–Trinajstić information content (AvgIpc) is 3.32. The quantitative estimate of drug-likeness (QED) is 0.433. The van der Waals surface area contributed by atoms with E-state index in [1.807, 2.05) is 0 Å². The molecule has 1 aliphatic heterocycles. The van der Waals surface area contributed by atoms with E-state index in [9.17, 15) is 21.6 Å². The van der Waals surface area contributed by atoms with Crippen LogP contribution < -0.4 is 4.74 Å². The van der Waals surface area contributed by atoms with E-state index in [1.165, 1.54) is 32.2 Å². The standard InChI is InChI=1S/C17H22B3F3N6O3S/c1-27-15(32-17(18,19)20)13(7-25-27)33(30,31)28-4-2-10(3-5-28)11-8-29-14(24-9-26-29)6-12(11)16(21,22)23/h6-10H,2-5,18-20H2,1H3. The Bertz CT molecular complexity index is 1280. The van der Waals surface area contributed by atoms with Crippen molar-refractivity contribution in [3.8, 4) is 5.88 Å². The summed E-state index contributed by atoms with van der Waals surface area (Å²) in [5.74, 6) is -0.346. The van der Waals surface area contributed by atoms with Crippen LogP contribution in [0.5, 0.6) is 5.88 Å². The molecule has 16 heteroatoms. The molecule has 4 heterocycles. The highest BCUT2D eigenvalue weighted by atomic mass is 32.2. The van der Waals surface area contributed by atoms with Gasteiger partial charge in [0.15, 0.2) is 10.5 Å². The van der Waals surface area contributed by atoms with Crippen LogP contribution in [0.2, 0.25) is 0 Å². The number of halogens is 3. The van der Waals surface area contributed by atoms with Gasteiger partial charge in [-0.3, -0.25) is 0 Å². The van der Waals surface area contributed by atoms with E-state index >= 15 is 0 Å². The van der Waals surface area contributed by atoms with Crippen molar-refractivity contribution in [2.45, 2.75) is 35.1 Å². The van der Waals surface area contributed by atoms with Crippen LogP contribution in [0.1, 0.15) is 29.9 Å². The number of aryl methyl sites for hydroxylation is 1. The van der Waals surface area contributed by atoms with E-state index in [1.54, 1.807) is 30.6 Å². The van der Waals surface area contributed by atoms with Gasteiger partial charge in [0, 0.05) is 31.6 Å². The topological polar surface area (TPSA) is 94.6 Å². The number of hydrogen-bond donors (Lipinski definition) is 0. The summed E-state index contributed by atoms with van der Waals surface area (Å²) in [6.45, 7) is 0.146. The number of hydrogen-bond acceptors (Lipinski definition) is 6. The molecule has 0 spiro atoms. The summed E-state index contributed by atoms with van der Waals surface area (Å²) in [7, 11) is 3.04. The van der Waals surface area contributed by atoms with Crippen molar-refractivity contribution in [3.63, 3.8) is 0 Å². The Morgan fingerprint density at radius 1 is 1.15 bits per heavy atom. The first-order chi connectivity index (χ1) is 15.3. The van der Waals surface area contributed by atoms with Gasteiger partial charge in [0.1, 0.15) is 29.9 Å². The van der Waals surface area contributed by atoms with Gasteiger partial charge in [-0.2, -0.15) is 27.7 Å². The maximum atomic E-state index is 13.7. The molecule has 0 unspecified atom stereocenters. The van der Waals surface area contributed by atoms with Crippen LogP contribution in [0.25, 0.3) is 5.65 Å². The first-order valence-electron chi connectivity index (χ1n) is 10.4. The number of aromatic nitrogens is 5. The lowest BCUT2D eigenvalue weighted by molar-refractivity contribution is -0.138. The summed E-state index contributed by atoms with van der Waals surface area (Å²) in [6, 6.07) is 0.983. The fourth-order valence-corrected chi connectivity index (χ4v) is 5.53. The minimum absolute atomic E-state index is 0.0570. The summed E-state index contributed by atoms with van der Waals surface area (Å²) < 4.78 is 77.5. The van der Waals surface area contributed by atoms with Gasteiger partial charge in [-0.15, -0.1) is 0 Å². The fourth-order valence-electron chi connectivity index (χ4n) is 3.98. The second-order valence-corrected chi connectivity index (χ2v) is 10.9. The zero-order chi connectivity index (χ0) is 24.2. The lowest BCUT2D eigenvalue weighted by Gasteiger charge is -2.32. The largest absolute Gasteiger partial charge is 0.498 e. The lowest BCUT2D eigenvalue weighted by Crippen LogP contribution is -2.40. The van der Waals surface area contributed by atoms with Crippen molar-refractivity contribution >= 4 is 39.2 Å². The summed E-state index contributed by atoms with van der Waals surface area (Å²) in [5.41, 5.74) is -0.567. The Balaban J connectivity index is 1.59. The molecule has 0 amide bonds. The number of nitrogens with zero attached hydrogens (tertiary/aromatic N) is 6. The Labute approximate surface area is 191 Å². The van der Waals surface area contributed by atoms with Crippen molar-refractivity contribution in [1.29, 1.82) is 0 Å². The van der Waals surface area contributed by atoms with E-state index in [2.05, 4.69) is 15.2 Å². The van der Waals surface area contributed by atoms with Gasteiger partial charge in [0.05, 0.1) is 11.8 Å². The maximum Gasteiger partial charge on any atom is 0.416 e. The molecule has 1 aliphatic rings. The smallest absolute Gasteiger partial charge is 0.416 e. The molecule has 0 aliphatic carbocycles. The number of ether oxygens (including phenoxy) is 1. The molecular weight excluding hydrogens is 458 g/mol. The summed E-state index contributed by atoms with van der Waals surface area (Å²) in [4.78, 5) is 3.78. The minimum atomic E-state index is -4.55. The molecule has 3 aromatic heterocycles. The lowest BCUT2D eigenvalue weighted by atomic mass is 9.52. The molecule has 1 saturated heterocycles. The van der Waals surface area contributed by atoms with E-state index < -0.39 is 33.0 Å². The zero-order valence-electron chi connectivity index (χ0n) is 18.7. The maximum absolute atomic E-state index is 13.7. The highest BCUT2D eigenvalue weighted by Crippen LogP contribution is 2.40. The van der Waals surface area contributed by atoms with Crippen molar-refractivity contribution in [3.05, 3.63) is 35.9 Å². The van der Waals surface area contributed by atoms with Crippen LogP contribution in [0, 0.1) is 0 Å². The van der Waals surface area contributed by atoms with Crippen LogP contribution in [-0.4, -0.2) is 79.0 Å². The SMILES string of the molecule is BC(B)(B)Oc1c(S(=O)(=O)N2CCC(c3cn4ncnc4cc3C(F)(F)F)CC2)cnn1C. The number of piperidine rings is 1. The number of fused-ring (bicyclic) bond motifs is 1. The van der Waals surface area contributed by atoms with Gasteiger partial charge in [-0.25, -0.2) is 22.6 Å². The van der Waals surface area contributed by atoms with Gasteiger partial charge in [0.25, 0.3) is 0 Å². The fraction of sp³-hybridized carbons (Fsp3) is 0.471. The van der Waals surface area contributed by atoms with E-state index in [0.29, 0.717) is 0 Å². The van der Waals surface area contributed by atoms with Crippen LogP contribution in [0.4, 0.5) is 13.2 Å². The van der Waals surface area contributed by atoms with E-state index in [-0.39, 0.29) is 47.9 Å². The van der Waals surface area contributed by atoms with Crippen LogP contribution in [-0.2, 0) is 23.2 Å². The normalized spacial score (nSPS) is 17.0. The van der Waals surface area contributed by atoms with Crippen molar-refractivity contribution in [2.24, 2.45) is 7.05 Å². The molecule has 0 radical (unpaired) electrons. The van der Waals surface area contributed by atoms with Crippen molar-refractivity contribution < 1.29 is 26.3 Å². The highest BCUT2D eigenvalue weighted by Gasteiger charge is 2.39. The first-order valence-corrected chi connectivity index (χ1v) is 11.8. The van der Waals surface area contributed by atoms with E-state index in [0.717, 1.165) is 6.07 Å². The molecule has 0 aromatic carbocycles. The summed E-state index contributed by atoms with van der Waals surface area (Å²) in [6.07, 6.45) is -0.309. The summed E-state index contributed by atoms with van der Waals surface area (Å²) >= 11 is 0. The number of rotatable bonds is 5. The third-order valence-corrected chi connectivity index (χ3v) is 7.40. The number of alkyl halides is 3. The average molecular weight is 480 g/mol. The van der Waals surface area contributed by atoms with Crippen LogP contribution >= 0.6 is 0 Å². The molecule has 3 aromatic rings. The Morgan fingerprint density at radius 3 is 2.42 bits per heavy atom. The Morgan fingerprint density at radius 2 is 1.82 bits per heavy atom. The Hall–Kier alpha value is -2.48. The second-order valence-electron chi connectivity index (χ2n) is 9.03. The van der Waals surface area contributed by atoms with Gasteiger partial charge in [-0.1, -0.05) is 0 Å². The first kappa shape index (κ1) is 23.7. The number of pyridine rings is 1. The van der Waals surface area contributed by atoms with Gasteiger partial charge < -0.3 is 4.74 Å². The second kappa shape index (κ2) is 8.08. The van der Waals surface area contributed by atoms with Crippen LogP contribution in [0.15, 0.2) is 29.7 Å². The minimum Gasteiger partial charge on any atom is -0.498 e. The zero-order valence-corrected chi connectivity index (χ0v) is 19.5. The van der Waals surface area contributed by atoms with Gasteiger partial charge >= 0.3 is 6.18 Å². The van der Waals surface area contributed by atoms with Gasteiger partial charge in [-0.05, 0) is 30.4 Å². The Kier molecular flexibility index (Phi) is 5.80. The molecule has 1 fully saturated rings. The molecule has 33 heavy (non-hydrogen) atoms. The third kappa shape index (κ3) is 4.63. The summed E-state index contributed by atoms with van der Waals surface area (Å²) in [5, 5.41) is 7.33. The molecule has 0 saturated carbocycles. The molecule has 0 bridgehead atoms. The molecule has 9 nitrogen and oxygen atoms in total. The molecular formula is C17H22B3F3N6O3S. The molecule has 0 atom stereocenters. The molecule has 174 valence electrons. The number of sulfonamides is 1. The van der Waals surface area contributed by atoms with Crippen molar-refractivity contribution in [1.82, 2.24) is 28.7 Å². The van der Waals surface area contributed by atoms with E-state index in [4.69, 9.17) is 4.74 Å². The predicted octanol–water partition coefficient (Wildman–Crippen LogP) is -1.06. The molecule has 0 N–H and O–H groups in total. The van der Waals surface area contributed by atoms with Crippen molar-refractivity contribution in [2.75, 3.05) is 13.1 Å². The monoisotopic (exact) mass is 480 g/mol. The predicted molar refractivity (Wildman–Crippen MR) is 121 cm³/mol.